The fourth-order valence-electron chi connectivity index (χ4n) is 1.34. The van der Waals surface area contributed by atoms with Gasteiger partial charge in [-0.3, -0.25) is 4.98 Å². The first kappa shape index (κ1) is 9.34. The number of thiazole rings is 1. The fraction of sp³-hybridized carbons (Fsp3) is 0.273. The van der Waals surface area contributed by atoms with Gasteiger partial charge in [-0.25, -0.2) is 4.98 Å². The summed E-state index contributed by atoms with van der Waals surface area (Å²) in [5.41, 5.74) is 2.47. The van der Waals surface area contributed by atoms with E-state index in [1.165, 1.54) is 11.3 Å². The molecule has 0 aliphatic heterocycles. The molecule has 0 spiro atoms. The zero-order valence-electron chi connectivity index (χ0n) is 8.10. The highest BCUT2D eigenvalue weighted by atomic mass is 32.1. The van der Waals surface area contributed by atoms with E-state index in [0.717, 1.165) is 17.8 Å². The van der Waals surface area contributed by atoms with Crippen molar-refractivity contribution in [1.82, 2.24) is 9.97 Å². The maximum absolute atomic E-state index is 4.42. The van der Waals surface area contributed by atoms with E-state index in [4.69, 9.17) is 0 Å². The molecule has 0 aromatic carbocycles. The maximum Gasteiger partial charge on any atom is 0.0897 e. The van der Waals surface area contributed by atoms with Crippen LogP contribution in [0.25, 0.3) is 0 Å². The van der Waals surface area contributed by atoms with Crippen LogP contribution in [0.3, 0.4) is 0 Å². The molecule has 0 saturated carbocycles. The Kier molecular flexibility index (Phi) is 2.89. The third-order valence-electron chi connectivity index (χ3n) is 2.06. The molecule has 72 valence electrons. The molecule has 0 fully saturated rings. The van der Waals surface area contributed by atoms with Crippen molar-refractivity contribution in [2.24, 2.45) is 0 Å². The number of rotatable bonds is 3. The highest BCUT2D eigenvalue weighted by molar-refractivity contribution is 7.09. The standard InChI is InChI=1S/C11H12N2S/c1-9-13-11(8-14-9)5-4-10-3-2-6-12-7-10/h2-3,6-8H,4-5H2,1H3. The molecular weight excluding hydrogens is 192 g/mol. The Labute approximate surface area is 87.7 Å². The van der Waals surface area contributed by atoms with E-state index in [2.05, 4.69) is 21.4 Å². The monoisotopic (exact) mass is 204 g/mol. The number of nitrogens with zero attached hydrogens (tertiary/aromatic N) is 2. The smallest absolute Gasteiger partial charge is 0.0897 e. The van der Waals surface area contributed by atoms with Gasteiger partial charge in [0, 0.05) is 17.8 Å². The van der Waals surface area contributed by atoms with Gasteiger partial charge in [0.15, 0.2) is 0 Å². The average Bonchev–Trinajstić information content (AvgIpc) is 2.63. The van der Waals surface area contributed by atoms with E-state index >= 15 is 0 Å². The van der Waals surface area contributed by atoms with Gasteiger partial charge in [-0.15, -0.1) is 11.3 Å². The van der Waals surface area contributed by atoms with Crippen molar-refractivity contribution >= 4 is 11.3 Å². The van der Waals surface area contributed by atoms with Gasteiger partial charge in [-0.1, -0.05) is 6.07 Å². The second-order valence-corrected chi connectivity index (χ2v) is 4.28. The van der Waals surface area contributed by atoms with Crippen molar-refractivity contribution in [3.63, 3.8) is 0 Å². The predicted molar refractivity (Wildman–Crippen MR) is 58.5 cm³/mol. The normalized spacial score (nSPS) is 10.4. The maximum atomic E-state index is 4.42. The summed E-state index contributed by atoms with van der Waals surface area (Å²) in [6, 6.07) is 4.08. The molecule has 0 aliphatic carbocycles. The highest BCUT2D eigenvalue weighted by Gasteiger charge is 1.98. The summed E-state index contributed by atoms with van der Waals surface area (Å²) in [7, 11) is 0. The molecule has 0 bridgehead atoms. The van der Waals surface area contributed by atoms with Crippen LogP contribution in [0, 0.1) is 6.92 Å². The van der Waals surface area contributed by atoms with Crippen molar-refractivity contribution in [2.45, 2.75) is 19.8 Å². The van der Waals surface area contributed by atoms with E-state index < -0.39 is 0 Å². The largest absolute Gasteiger partial charge is 0.264 e. The Balaban J connectivity index is 1.95. The quantitative estimate of drug-likeness (QED) is 0.768. The Morgan fingerprint density at radius 1 is 1.36 bits per heavy atom. The first-order chi connectivity index (χ1) is 6.84. The fourth-order valence-corrected chi connectivity index (χ4v) is 1.99. The lowest BCUT2D eigenvalue weighted by molar-refractivity contribution is 0.913. The van der Waals surface area contributed by atoms with Crippen molar-refractivity contribution in [2.75, 3.05) is 0 Å². The molecule has 0 saturated heterocycles. The summed E-state index contributed by atoms with van der Waals surface area (Å²) < 4.78 is 0. The van der Waals surface area contributed by atoms with Crippen LogP contribution in [-0.2, 0) is 12.8 Å². The lowest BCUT2D eigenvalue weighted by atomic mass is 10.1. The van der Waals surface area contributed by atoms with Gasteiger partial charge in [-0.2, -0.15) is 0 Å². The molecule has 0 unspecified atom stereocenters. The minimum Gasteiger partial charge on any atom is -0.264 e. The van der Waals surface area contributed by atoms with E-state index in [1.807, 2.05) is 19.2 Å². The van der Waals surface area contributed by atoms with Crippen LogP contribution in [0.2, 0.25) is 0 Å². The zero-order valence-corrected chi connectivity index (χ0v) is 8.92. The van der Waals surface area contributed by atoms with E-state index in [1.54, 1.807) is 17.5 Å². The number of pyridine rings is 1. The second kappa shape index (κ2) is 4.33. The van der Waals surface area contributed by atoms with Crippen molar-refractivity contribution in [1.29, 1.82) is 0 Å². The van der Waals surface area contributed by atoms with Crippen LogP contribution in [0.4, 0.5) is 0 Å². The van der Waals surface area contributed by atoms with Gasteiger partial charge in [-0.05, 0) is 31.4 Å². The summed E-state index contributed by atoms with van der Waals surface area (Å²) in [5.74, 6) is 0. The number of hydrogen-bond donors (Lipinski definition) is 0. The minimum atomic E-state index is 1.01. The van der Waals surface area contributed by atoms with Gasteiger partial charge < -0.3 is 0 Å². The summed E-state index contributed by atoms with van der Waals surface area (Å²) in [5, 5.41) is 3.28. The molecule has 0 amide bonds. The Hall–Kier alpha value is -1.22. The van der Waals surface area contributed by atoms with Crippen LogP contribution in [-0.4, -0.2) is 9.97 Å². The Morgan fingerprint density at radius 2 is 2.29 bits per heavy atom. The Bertz CT molecular complexity index is 395. The molecule has 3 heteroatoms. The first-order valence-corrected chi connectivity index (χ1v) is 5.52. The summed E-state index contributed by atoms with van der Waals surface area (Å²) in [6.07, 6.45) is 5.75. The van der Waals surface area contributed by atoms with Gasteiger partial charge >= 0.3 is 0 Å². The molecule has 0 aliphatic rings. The third-order valence-corrected chi connectivity index (χ3v) is 2.88. The van der Waals surface area contributed by atoms with Gasteiger partial charge in [0.05, 0.1) is 10.7 Å². The number of hydrogen-bond acceptors (Lipinski definition) is 3. The molecule has 2 rings (SSSR count). The second-order valence-electron chi connectivity index (χ2n) is 3.22. The molecular formula is C11H12N2S. The van der Waals surface area contributed by atoms with Crippen LogP contribution in [0.15, 0.2) is 29.9 Å². The predicted octanol–water partition coefficient (Wildman–Crippen LogP) is 2.63. The SMILES string of the molecule is Cc1nc(CCc2cccnc2)cs1. The number of aromatic nitrogens is 2. The van der Waals surface area contributed by atoms with Crippen LogP contribution in [0.5, 0.6) is 0 Å². The molecule has 0 atom stereocenters. The lowest BCUT2D eigenvalue weighted by Gasteiger charge is -1.97. The van der Waals surface area contributed by atoms with E-state index in [9.17, 15) is 0 Å². The van der Waals surface area contributed by atoms with E-state index in [0.29, 0.717) is 0 Å². The van der Waals surface area contributed by atoms with Crippen LogP contribution in [0.1, 0.15) is 16.3 Å². The molecule has 2 heterocycles. The minimum absolute atomic E-state index is 1.01. The van der Waals surface area contributed by atoms with Gasteiger partial charge in [0.1, 0.15) is 0 Å². The third kappa shape index (κ3) is 2.39. The summed E-state index contributed by atoms with van der Waals surface area (Å²) in [4.78, 5) is 8.51. The molecule has 2 nitrogen and oxygen atoms in total. The lowest BCUT2D eigenvalue weighted by Crippen LogP contribution is -1.91. The van der Waals surface area contributed by atoms with E-state index in [-0.39, 0.29) is 0 Å². The first-order valence-electron chi connectivity index (χ1n) is 4.64. The molecule has 2 aromatic rings. The summed E-state index contributed by atoms with van der Waals surface area (Å²) >= 11 is 1.71. The van der Waals surface area contributed by atoms with Crippen molar-refractivity contribution in [3.8, 4) is 0 Å². The number of aryl methyl sites for hydroxylation is 3. The van der Waals surface area contributed by atoms with Crippen molar-refractivity contribution in [3.05, 3.63) is 46.2 Å². The molecule has 0 radical (unpaired) electrons. The average molecular weight is 204 g/mol. The summed E-state index contributed by atoms with van der Waals surface area (Å²) in [6.45, 7) is 2.04. The topological polar surface area (TPSA) is 25.8 Å². The van der Waals surface area contributed by atoms with Gasteiger partial charge in [0.2, 0.25) is 0 Å². The van der Waals surface area contributed by atoms with Crippen LogP contribution < -0.4 is 0 Å². The highest BCUT2D eigenvalue weighted by Crippen LogP contribution is 2.10. The Morgan fingerprint density at radius 3 is 2.93 bits per heavy atom. The van der Waals surface area contributed by atoms with Crippen molar-refractivity contribution < 1.29 is 0 Å². The molecule has 2 aromatic heterocycles. The van der Waals surface area contributed by atoms with Crippen LogP contribution >= 0.6 is 11.3 Å². The molecule has 14 heavy (non-hydrogen) atoms. The zero-order chi connectivity index (χ0) is 9.80. The molecule has 0 N–H and O–H groups in total. The van der Waals surface area contributed by atoms with Gasteiger partial charge in [0.25, 0.3) is 0 Å².